The van der Waals surface area contributed by atoms with Gasteiger partial charge in [0.05, 0.1) is 5.56 Å². The van der Waals surface area contributed by atoms with Gasteiger partial charge in [-0.2, -0.15) is 0 Å². The van der Waals surface area contributed by atoms with Crippen molar-refractivity contribution in [3.63, 3.8) is 0 Å². The van der Waals surface area contributed by atoms with E-state index in [4.69, 9.17) is 0 Å². The summed E-state index contributed by atoms with van der Waals surface area (Å²) < 4.78 is 13.2. The van der Waals surface area contributed by atoms with Crippen LogP contribution in [0.25, 0.3) is 0 Å². The molecule has 0 fully saturated rings. The maximum Gasteiger partial charge on any atom is 0.165 e. The first-order valence-corrected chi connectivity index (χ1v) is 4.94. The van der Waals surface area contributed by atoms with Crippen LogP contribution in [0.1, 0.15) is 42.1 Å². The first-order chi connectivity index (χ1) is 6.65. The average Bonchev–Trinajstić information content (AvgIpc) is 2.18. The first kappa shape index (κ1) is 10.9. The second-order valence-electron chi connectivity index (χ2n) is 3.51. The second-order valence-corrected chi connectivity index (χ2v) is 3.51. The van der Waals surface area contributed by atoms with E-state index in [0.29, 0.717) is 6.42 Å². The lowest BCUT2D eigenvalue weighted by Crippen LogP contribution is -2.02. The Morgan fingerprint density at radius 3 is 2.79 bits per heavy atom. The van der Waals surface area contributed by atoms with Crippen molar-refractivity contribution in [1.29, 1.82) is 0 Å². The number of hydrogen-bond acceptors (Lipinski definition) is 1. The van der Waals surface area contributed by atoms with Crippen molar-refractivity contribution in [2.75, 3.05) is 0 Å². The highest BCUT2D eigenvalue weighted by Crippen LogP contribution is 2.13. The summed E-state index contributed by atoms with van der Waals surface area (Å²) in [6.45, 7) is 3.87. The quantitative estimate of drug-likeness (QED) is 0.670. The number of carbonyl (C=O) groups excluding carboxylic acids is 1. The van der Waals surface area contributed by atoms with E-state index in [0.717, 1.165) is 18.4 Å². The molecule has 0 aliphatic heterocycles. The number of carbonyl (C=O) groups is 1. The number of unbranched alkanes of at least 4 members (excludes halogenated alkanes) is 1. The molecular formula is C12H15FO. The Morgan fingerprint density at radius 2 is 2.14 bits per heavy atom. The molecule has 0 radical (unpaired) electrons. The molecule has 0 saturated carbocycles. The first-order valence-electron chi connectivity index (χ1n) is 4.94. The lowest BCUT2D eigenvalue weighted by molar-refractivity contribution is 0.0976. The van der Waals surface area contributed by atoms with E-state index < -0.39 is 5.82 Å². The monoisotopic (exact) mass is 194 g/mol. The zero-order valence-corrected chi connectivity index (χ0v) is 8.64. The fourth-order valence-electron chi connectivity index (χ4n) is 1.32. The number of ketones is 1. The minimum Gasteiger partial charge on any atom is -0.294 e. The highest BCUT2D eigenvalue weighted by atomic mass is 19.1. The van der Waals surface area contributed by atoms with Crippen LogP contribution in [0.4, 0.5) is 4.39 Å². The van der Waals surface area contributed by atoms with Crippen molar-refractivity contribution in [3.8, 4) is 0 Å². The van der Waals surface area contributed by atoms with E-state index in [1.165, 1.54) is 6.07 Å². The molecule has 1 rings (SSSR count). The molecule has 0 aliphatic carbocycles. The van der Waals surface area contributed by atoms with Gasteiger partial charge in [-0.15, -0.1) is 0 Å². The third-order valence-corrected chi connectivity index (χ3v) is 2.18. The number of Topliss-reactive ketones (excluding diaryl/α,β-unsaturated/α-hetero) is 1. The summed E-state index contributed by atoms with van der Waals surface area (Å²) >= 11 is 0. The van der Waals surface area contributed by atoms with Crippen LogP contribution in [-0.2, 0) is 0 Å². The Labute approximate surface area is 83.9 Å². The van der Waals surface area contributed by atoms with Crippen LogP contribution in [0.3, 0.4) is 0 Å². The summed E-state index contributed by atoms with van der Waals surface area (Å²) in [5.41, 5.74) is 1.16. The van der Waals surface area contributed by atoms with Gasteiger partial charge in [-0.1, -0.05) is 25.0 Å². The Hall–Kier alpha value is -1.18. The predicted octanol–water partition coefficient (Wildman–Crippen LogP) is 3.51. The van der Waals surface area contributed by atoms with E-state index in [1.807, 2.05) is 13.8 Å². The number of halogens is 1. The molecule has 0 bridgehead atoms. The van der Waals surface area contributed by atoms with Gasteiger partial charge in [0.15, 0.2) is 5.78 Å². The summed E-state index contributed by atoms with van der Waals surface area (Å²) in [4.78, 5) is 11.5. The fourth-order valence-corrected chi connectivity index (χ4v) is 1.32. The average molecular weight is 194 g/mol. The van der Waals surface area contributed by atoms with Crippen molar-refractivity contribution >= 4 is 5.78 Å². The zero-order chi connectivity index (χ0) is 10.6. The Kier molecular flexibility index (Phi) is 3.81. The molecule has 14 heavy (non-hydrogen) atoms. The number of aryl methyl sites for hydroxylation is 1. The smallest absolute Gasteiger partial charge is 0.165 e. The Morgan fingerprint density at radius 1 is 1.43 bits per heavy atom. The molecule has 0 heterocycles. The van der Waals surface area contributed by atoms with Crippen molar-refractivity contribution in [2.24, 2.45) is 0 Å². The van der Waals surface area contributed by atoms with Gasteiger partial charge in [0, 0.05) is 6.42 Å². The van der Waals surface area contributed by atoms with Gasteiger partial charge in [0.25, 0.3) is 0 Å². The van der Waals surface area contributed by atoms with E-state index in [2.05, 4.69) is 0 Å². The van der Waals surface area contributed by atoms with Gasteiger partial charge in [-0.3, -0.25) is 4.79 Å². The third kappa shape index (κ3) is 2.66. The summed E-state index contributed by atoms with van der Waals surface area (Å²) in [5, 5.41) is 0. The van der Waals surface area contributed by atoms with Crippen LogP contribution in [0.5, 0.6) is 0 Å². The molecular weight excluding hydrogens is 179 g/mol. The van der Waals surface area contributed by atoms with Crippen LogP contribution in [-0.4, -0.2) is 5.78 Å². The fraction of sp³-hybridized carbons (Fsp3) is 0.417. The van der Waals surface area contributed by atoms with Crippen molar-refractivity contribution in [1.82, 2.24) is 0 Å². The molecule has 0 spiro atoms. The van der Waals surface area contributed by atoms with Crippen molar-refractivity contribution in [3.05, 3.63) is 35.1 Å². The van der Waals surface area contributed by atoms with Crippen molar-refractivity contribution < 1.29 is 9.18 Å². The van der Waals surface area contributed by atoms with Gasteiger partial charge in [0.1, 0.15) is 5.82 Å². The van der Waals surface area contributed by atoms with Crippen LogP contribution in [0.15, 0.2) is 18.2 Å². The molecule has 76 valence electrons. The molecule has 1 aromatic rings. The highest BCUT2D eigenvalue weighted by Gasteiger charge is 2.10. The largest absolute Gasteiger partial charge is 0.294 e. The summed E-state index contributed by atoms with van der Waals surface area (Å²) in [7, 11) is 0. The lowest BCUT2D eigenvalue weighted by atomic mass is 10.0. The number of benzene rings is 1. The predicted molar refractivity (Wildman–Crippen MR) is 55.0 cm³/mol. The third-order valence-electron chi connectivity index (χ3n) is 2.18. The summed E-state index contributed by atoms with van der Waals surface area (Å²) in [6, 6.07) is 4.65. The van der Waals surface area contributed by atoms with Crippen LogP contribution in [0, 0.1) is 12.7 Å². The van der Waals surface area contributed by atoms with Gasteiger partial charge in [-0.05, 0) is 25.5 Å². The number of hydrogen-bond donors (Lipinski definition) is 0. The SMILES string of the molecule is CCCCC(=O)c1cc(C)ccc1F. The highest BCUT2D eigenvalue weighted by molar-refractivity contribution is 5.96. The standard InChI is InChI=1S/C12H15FO/c1-3-4-5-12(14)10-8-9(2)6-7-11(10)13/h6-8H,3-5H2,1-2H3. The lowest BCUT2D eigenvalue weighted by Gasteiger charge is -2.02. The van der Waals surface area contributed by atoms with Crippen molar-refractivity contribution in [2.45, 2.75) is 33.1 Å². The maximum absolute atomic E-state index is 13.2. The normalized spacial score (nSPS) is 10.2. The molecule has 2 heteroatoms. The minimum absolute atomic E-state index is 0.0898. The van der Waals surface area contributed by atoms with E-state index in [9.17, 15) is 9.18 Å². The summed E-state index contributed by atoms with van der Waals surface area (Å²) in [6.07, 6.45) is 2.22. The molecule has 0 unspecified atom stereocenters. The van der Waals surface area contributed by atoms with Crippen LogP contribution < -0.4 is 0 Å². The molecule has 0 atom stereocenters. The Balaban J connectivity index is 2.83. The Bertz CT molecular complexity index is 331. The van der Waals surface area contributed by atoms with E-state index in [1.54, 1.807) is 12.1 Å². The molecule has 1 aromatic carbocycles. The molecule has 1 nitrogen and oxygen atoms in total. The zero-order valence-electron chi connectivity index (χ0n) is 8.64. The molecule has 0 amide bonds. The molecule has 0 N–H and O–H groups in total. The van der Waals surface area contributed by atoms with E-state index in [-0.39, 0.29) is 11.3 Å². The van der Waals surface area contributed by atoms with Gasteiger partial charge >= 0.3 is 0 Å². The molecule has 0 aromatic heterocycles. The second kappa shape index (κ2) is 4.89. The molecule has 0 saturated heterocycles. The van der Waals surface area contributed by atoms with Crippen LogP contribution in [0.2, 0.25) is 0 Å². The van der Waals surface area contributed by atoms with Gasteiger partial charge in [0.2, 0.25) is 0 Å². The molecule has 0 aliphatic rings. The topological polar surface area (TPSA) is 17.1 Å². The van der Waals surface area contributed by atoms with Crippen LogP contribution >= 0.6 is 0 Å². The summed E-state index contributed by atoms with van der Waals surface area (Å²) in [5.74, 6) is -0.496. The minimum atomic E-state index is -0.406. The van der Waals surface area contributed by atoms with E-state index >= 15 is 0 Å². The maximum atomic E-state index is 13.2. The van der Waals surface area contributed by atoms with Gasteiger partial charge in [-0.25, -0.2) is 4.39 Å². The van der Waals surface area contributed by atoms with Gasteiger partial charge < -0.3 is 0 Å². The number of rotatable bonds is 4.